The molecule has 0 radical (unpaired) electrons. The average Bonchev–Trinajstić information content (AvgIpc) is 2.86. The summed E-state index contributed by atoms with van der Waals surface area (Å²) in [6.45, 7) is 5.54. The molecule has 0 aromatic heterocycles. The number of aliphatic hydroxyl groups is 1. The molecular formula is C27H24FNO5S2. The van der Waals surface area contributed by atoms with E-state index in [2.05, 4.69) is 11.3 Å². The van der Waals surface area contributed by atoms with E-state index >= 15 is 0 Å². The number of sulfonamides is 1. The van der Waals surface area contributed by atoms with Crippen LogP contribution in [0.5, 0.6) is 11.5 Å². The summed E-state index contributed by atoms with van der Waals surface area (Å²) in [5.74, 6) is -0.260. The van der Waals surface area contributed by atoms with Crippen LogP contribution in [0.15, 0.2) is 94.9 Å². The minimum absolute atomic E-state index is 0.00475. The molecule has 0 spiro atoms. The number of hydrogen-bond donors (Lipinski definition) is 3. The van der Waals surface area contributed by atoms with Crippen molar-refractivity contribution in [2.45, 2.75) is 16.7 Å². The van der Waals surface area contributed by atoms with Gasteiger partial charge in [-0.15, -0.1) is 11.8 Å². The number of benzene rings is 4. The number of aromatic hydroxyl groups is 1. The van der Waals surface area contributed by atoms with E-state index in [4.69, 9.17) is 4.74 Å². The molecule has 0 aliphatic heterocycles. The molecule has 6 nitrogen and oxygen atoms in total. The molecule has 4 rings (SSSR count). The Morgan fingerprint density at radius 3 is 2.36 bits per heavy atom. The van der Waals surface area contributed by atoms with E-state index in [1.165, 1.54) is 24.3 Å². The zero-order chi connectivity index (χ0) is 25.9. The van der Waals surface area contributed by atoms with Crippen molar-refractivity contribution in [3.05, 3.63) is 91.0 Å². The third kappa shape index (κ3) is 5.42. The van der Waals surface area contributed by atoms with Crippen molar-refractivity contribution in [2.24, 2.45) is 0 Å². The predicted molar refractivity (Wildman–Crippen MR) is 142 cm³/mol. The van der Waals surface area contributed by atoms with E-state index in [1.54, 1.807) is 55.5 Å². The highest BCUT2D eigenvalue weighted by atomic mass is 32.2. The Morgan fingerprint density at radius 1 is 1.03 bits per heavy atom. The SMILES string of the molecule is C=C(O)CSc1cc(NS(=O)(=O)c2ccc(-c3ccc(F)c(OCC)c3)cc2)c2ccccc2c1O. The van der Waals surface area contributed by atoms with Crippen molar-refractivity contribution >= 4 is 38.2 Å². The highest BCUT2D eigenvalue weighted by Crippen LogP contribution is 2.41. The normalized spacial score (nSPS) is 11.4. The summed E-state index contributed by atoms with van der Waals surface area (Å²) in [5, 5.41) is 21.1. The number of phenolic OH excluding ortho intramolecular Hbond substituents is 1. The van der Waals surface area contributed by atoms with Crippen molar-refractivity contribution in [2.75, 3.05) is 17.1 Å². The number of thioether (sulfide) groups is 1. The van der Waals surface area contributed by atoms with Crippen LogP contribution in [0.1, 0.15) is 6.92 Å². The molecule has 3 N–H and O–H groups in total. The van der Waals surface area contributed by atoms with Crippen LogP contribution < -0.4 is 9.46 Å². The largest absolute Gasteiger partial charge is 0.512 e. The summed E-state index contributed by atoms with van der Waals surface area (Å²) in [6.07, 6.45) is 0. The van der Waals surface area contributed by atoms with E-state index in [9.17, 15) is 23.0 Å². The van der Waals surface area contributed by atoms with Gasteiger partial charge in [-0.25, -0.2) is 12.8 Å². The fraction of sp³-hybridized carbons (Fsp3) is 0.111. The van der Waals surface area contributed by atoms with E-state index in [0.29, 0.717) is 39.1 Å². The van der Waals surface area contributed by atoms with Crippen molar-refractivity contribution in [1.82, 2.24) is 0 Å². The first-order valence-electron chi connectivity index (χ1n) is 11.0. The molecule has 186 valence electrons. The second-order valence-corrected chi connectivity index (χ2v) is 10.6. The van der Waals surface area contributed by atoms with Gasteiger partial charge in [0.25, 0.3) is 10.0 Å². The zero-order valence-corrected chi connectivity index (χ0v) is 21.0. The van der Waals surface area contributed by atoms with Crippen molar-refractivity contribution < 1.29 is 27.8 Å². The number of aliphatic hydroxyl groups excluding tert-OH is 1. The topological polar surface area (TPSA) is 95.9 Å². The minimum Gasteiger partial charge on any atom is -0.512 e. The molecule has 0 atom stereocenters. The van der Waals surface area contributed by atoms with Crippen molar-refractivity contribution in [3.8, 4) is 22.6 Å². The van der Waals surface area contributed by atoms with E-state index < -0.39 is 15.8 Å². The van der Waals surface area contributed by atoms with Crippen LogP contribution in [0.25, 0.3) is 21.9 Å². The Bertz CT molecular complexity index is 1540. The molecule has 0 aliphatic carbocycles. The lowest BCUT2D eigenvalue weighted by Gasteiger charge is -2.15. The Kier molecular flexibility index (Phi) is 7.42. The van der Waals surface area contributed by atoms with Crippen LogP contribution in [-0.4, -0.2) is 31.0 Å². The van der Waals surface area contributed by atoms with Gasteiger partial charge in [0.15, 0.2) is 11.6 Å². The Morgan fingerprint density at radius 2 is 1.69 bits per heavy atom. The maximum Gasteiger partial charge on any atom is 0.261 e. The first-order chi connectivity index (χ1) is 17.2. The molecule has 0 bridgehead atoms. The number of rotatable bonds is 9. The molecular weight excluding hydrogens is 501 g/mol. The number of anilines is 1. The highest BCUT2D eigenvalue weighted by Gasteiger charge is 2.19. The molecule has 0 heterocycles. The summed E-state index contributed by atoms with van der Waals surface area (Å²) in [4.78, 5) is 0.437. The van der Waals surface area contributed by atoms with Gasteiger partial charge in [0.1, 0.15) is 5.75 Å². The highest BCUT2D eigenvalue weighted by molar-refractivity contribution is 7.99. The Hall–Kier alpha value is -3.69. The molecule has 9 heteroatoms. The number of phenols is 1. The number of halogens is 1. The van der Waals surface area contributed by atoms with E-state index in [-0.39, 0.29) is 27.9 Å². The van der Waals surface area contributed by atoms with Gasteiger partial charge in [-0.3, -0.25) is 4.72 Å². The second kappa shape index (κ2) is 10.5. The Labute approximate surface area is 213 Å². The van der Waals surface area contributed by atoms with Crippen LogP contribution in [0.2, 0.25) is 0 Å². The van der Waals surface area contributed by atoms with E-state index in [1.807, 2.05) is 0 Å². The average molecular weight is 526 g/mol. The fourth-order valence-corrected chi connectivity index (χ4v) is 5.51. The zero-order valence-electron chi connectivity index (χ0n) is 19.4. The van der Waals surface area contributed by atoms with Crippen LogP contribution in [0.3, 0.4) is 0 Å². The third-order valence-electron chi connectivity index (χ3n) is 5.35. The maximum absolute atomic E-state index is 13.9. The first-order valence-corrected chi connectivity index (χ1v) is 13.5. The quantitative estimate of drug-likeness (QED) is 0.128. The molecule has 0 saturated carbocycles. The fourth-order valence-electron chi connectivity index (χ4n) is 3.67. The molecule has 0 amide bonds. The van der Waals surface area contributed by atoms with Gasteiger partial charge in [-0.05, 0) is 48.4 Å². The predicted octanol–water partition coefficient (Wildman–Crippen LogP) is 6.71. The lowest BCUT2D eigenvalue weighted by Crippen LogP contribution is -2.13. The molecule has 0 aliphatic rings. The van der Waals surface area contributed by atoms with Crippen LogP contribution >= 0.6 is 11.8 Å². The summed E-state index contributed by atoms with van der Waals surface area (Å²) in [5.41, 5.74) is 1.68. The summed E-state index contributed by atoms with van der Waals surface area (Å²) in [7, 11) is -3.98. The van der Waals surface area contributed by atoms with Crippen LogP contribution in [-0.2, 0) is 10.0 Å². The van der Waals surface area contributed by atoms with Crippen LogP contribution in [0.4, 0.5) is 10.1 Å². The summed E-state index contributed by atoms with van der Waals surface area (Å²) >= 11 is 1.14. The minimum atomic E-state index is -3.98. The standard InChI is InChI=1S/C27H24FNO5S2/c1-3-34-25-14-19(10-13-23(25)28)18-8-11-20(12-9-18)36(32,33)29-24-15-26(35-16-17(2)30)27(31)22-7-5-4-6-21(22)24/h4-15,29-31H,2-3,16H2,1H3. The lowest BCUT2D eigenvalue weighted by molar-refractivity contribution is 0.322. The van der Waals surface area contributed by atoms with Gasteiger partial charge in [-0.2, -0.15) is 0 Å². The van der Waals surface area contributed by atoms with Gasteiger partial charge < -0.3 is 14.9 Å². The van der Waals surface area contributed by atoms with E-state index in [0.717, 1.165) is 11.8 Å². The van der Waals surface area contributed by atoms with Gasteiger partial charge in [0, 0.05) is 10.8 Å². The number of fused-ring (bicyclic) bond motifs is 1. The summed E-state index contributed by atoms with van der Waals surface area (Å²) < 4.78 is 48.3. The van der Waals surface area contributed by atoms with Gasteiger partial charge in [0.2, 0.25) is 0 Å². The first kappa shape index (κ1) is 25.4. The molecule has 36 heavy (non-hydrogen) atoms. The van der Waals surface area contributed by atoms with Crippen LogP contribution in [0, 0.1) is 5.82 Å². The number of nitrogens with one attached hydrogen (secondary N) is 1. The van der Waals surface area contributed by atoms with Crippen molar-refractivity contribution in [3.63, 3.8) is 0 Å². The van der Waals surface area contributed by atoms with Gasteiger partial charge in [-0.1, -0.05) is 49.0 Å². The van der Waals surface area contributed by atoms with Crippen molar-refractivity contribution in [1.29, 1.82) is 0 Å². The number of ether oxygens (including phenoxy) is 1. The maximum atomic E-state index is 13.9. The molecule has 0 unspecified atom stereocenters. The Balaban J connectivity index is 1.66. The lowest BCUT2D eigenvalue weighted by atomic mass is 10.1. The summed E-state index contributed by atoms with van der Waals surface area (Å²) in [6, 6.07) is 19.1. The molecule has 0 fully saturated rings. The monoisotopic (exact) mass is 525 g/mol. The van der Waals surface area contributed by atoms with Gasteiger partial charge >= 0.3 is 0 Å². The second-order valence-electron chi connectivity index (χ2n) is 7.88. The van der Waals surface area contributed by atoms with Gasteiger partial charge in [0.05, 0.1) is 33.6 Å². The number of hydrogen-bond acceptors (Lipinski definition) is 6. The molecule has 0 saturated heterocycles. The molecule has 4 aromatic rings. The molecule has 4 aromatic carbocycles. The smallest absolute Gasteiger partial charge is 0.261 e. The third-order valence-corrected chi connectivity index (χ3v) is 7.83.